The molecule has 1 aliphatic rings. The average molecular weight is 228 g/mol. The van der Waals surface area contributed by atoms with Gasteiger partial charge in [-0.05, 0) is 33.2 Å². The maximum absolute atomic E-state index is 11.6. The lowest BCUT2D eigenvalue weighted by Crippen LogP contribution is -2.41. The van der Waals surface area contributed by atoms with E-state index < -0.39 is 6.04 Å². The van der Waals surface area contributed by atoms with Crippen LogP contribution in [0.15, 0.2) is 0 Å². The smallest absolute Gasteiger partial charge is 0.328 e. The summed E-state index contributed by atoms with van der Waals surface area (Å²) in [5.74, 6) is -0.477. The summed E-state index contributed by atoms with van der Waals surface area (Å²) < 4.78 is 4.81. The van der Waals surface area contributed by atoms with Crippen LogP contribution in [0.1, 0.15) is 33.1 Å². The fourth-order valence-corrected chi connectivity index (χ4v) is 1.78. The lowest BCUT2D eigenvalue weighted by molar-refractivity contribution is -0.146. The van der Waals surface area contributed by atoms with E-state index in [1.165, 1.54) is 0 Å². The van der Waals surface area contributed by atoms with Gasteiger partial charge in [-0.25, -0.2) is 4.79 Å². The van der Waals surface area contributed by atoms with E-state index in [1.54, 1.807) is 13.8 Å². The summed E-state index contributed by atoms with van der Waals surface area (Å²) in [5.41, 5.74) is 0. The molecule has 1 heterocycles. The molecule has 0 saturated carbocycles. The molecular weight excluding hydrogens is 208 g/mol. The summed E-state index contributed by atoms with van der Waals surface area (Å²) in [5, 5.41) is 5.88. The SMILES string of the molecule is CCOC(=O)C(C)NC(=O)CC1CCCN1. The van der Waals surface area contributed by atoms with Gasteiger partial charge in [-0.1, -0.05) is 0 Å². The Balaban J connectivity index is 2.24. The van der Waals surface area contributed by atoms with Crippen LogP contribution in [0.25, 0.3) is 0 Å². The summed E-state index contributed by atoms with van der Waals surface area (Å²) in [6.45, 7) is 4.70. The minimum atomic E-state index is -0.561. The molecule has 1 fully saturated rings. The molecular formula is C11H20N2O3. The van der Waals surface area contributed by atoms with Gasteiger partial charge < -0.3 is 15.4 Å². The van der Waals surface area contributed by atoms with Gasteiger partial charge in [-0.15, -0.1) is 0 Å². The highest BCUT2D eigenvalue weighted by Crippen LogP contribution is 2.08. The second-order valence-corrected chi connectivity index (χ2v) is 4.04. The van der Waals surface area contributed by atoms with Crippen molar-refractivity contribution in [3.05, 3.63) is 0 Å². The quantitative estimate of drug-likeness (QED) is 0.659. The van der Waals surface area contributed by atoms with Crippen molar-refractivity contribution in [3.63, 3.8) is 0 Å². The molecule has 1 aliphatic heterocycles. The number of carbonyl (C=O) groups excluding carboxylic acids is 2. The van der Waals surface area contributed by atoms with Gasteiger partial charge in [0.15, 0.2) is 0 Å². The van der Waals surface area contributed by atoms with Crippen LogP contribution in [0.5, 0.6) is 0 Å². The molecule has 2 unspecified atom stereocenters. The number of carbonyl (C=O) groups is 2. The fraction of sp³-hybridized carbons (Fsp3) is 0.818. The third-order valence-corrected chi connectivity index (χ3v) is 2.61. The molecule has 5 nitrogen and oxygen atoms in total. The topological polar surface area (TPSA) is 67.4 Å². The number of rotatable bonds is 5. The highest BCUT2D eigenvalue weighted by Gasteiger charge is 2.21. The Morgan fingerprint density at radius 2 is 2.31 bits per heavy atom. The van der Waals surface area contributed by atoms with Gasteiger partial charge in [-0.2, -0.15) is 0 Å². The van der Waals surface area contributed by atoms with E-state index in [-0.39, 0.29) is 17.9 Å². The van der Waals surface area contributed by atoms with Crippen molar-refractivity contribution in [2.24, 2.45) is 0 Å². The molecule has 0 spiro atoms. The van der Waals surface area contributed by atoms with Crippen LogP contribution >= 0.6 is 0 Å². The predicted molar refractivity (Wildman–Crippen MR) is 59.9 cm³/mol. The summed E-state index contributed by atoms with van der Waals surface area (Å²) in [6, 6.07) is -0.303. The van der Waals surface area contributed by atoms with Crippen molar-refractivity contribution in [1.29, 1.82) is 0 Å². The van der Waals surface area contributed by atoms with Crippen LogP contribution in [0.3, 0.4) is 0 Å². The summed E-state index contributed by atoms with van der Waals surface area (Å²) in [4.78, 5) is 22.8. The Kier molecular flexibility index (Phi) is 5.25. The van der Waals surface area contributed by atoms with Gasteiger partial charge in [0.1, 0.15) is 6.04 Å². The Morgan fingerprint density at radius 1 is 1.56 bits per heavy atom. The molecule has 92 valence electrons. The van der Waals surface area contributed by atoms with E-state index >= 15 is 0 Å². The first-order valence-electron chi connectivity index (χ1n) is 5.83. The maximum Gasteiger partial charge on any atom is 0.328 e. The van der Waals surface area contributed by atoms with Crippen molar-refractivity contribution < 1.29 is 14.3 Å². The Morgan fingerprint density at radius 3 is 2.88 bits per heavy atom. The minimum Gasteiger partial charge on any atom is -0.464 e. The van der Waals surface area contributed by atoms with Gasteiger partial charge in [0.05, 0.1) is 6.61 Å². The first-order chi connectivity index (χ1) is 7.63. The molecule has 16 heavy (non-hydrogen) atoms. The Labute approximate surface area is 95.9 Å². The lowest BCUT2D eigenvalue weighted by Gasteiger charge is -2.14. The third-order valence-electron chi connectivity index (χ3n) is 2.61. The van der Waals surface area contributed by atoms with E-state index in [0.29, 0.717) is 13.0 Å². The lowest BCUT2D eigenvalue weighted by atomic mass is 10.1. The van der Waals surface area contributed by atoms with E-state index in [0.717, 1.165) is 19.4 Å². The highest BCUT2D eigenvalue weighted by molar-refractivity contribution is 5.84. The average Bonchev–Trinajstić information content (AvgIpc) is 2.70. The molecule has 1 amide bonds. The molecule has 0 radical (unpaired) electrons. The summed E-state index contributed by atoms with van der Waals surface area (Å²) >= 11 is 0. The zero-order chi connectivity index (χ0) is 12.0. The first kappa shape index (κ1) is 13.0. The standard InChI is InChI=1S/C11H20N2O3/c1-3-16-11(15)8(2)13-10(14)7-9-5-4-6-12-9/h8-9,12H,3-7H2,1-2H3,(H,13,14). The first-order valence-corrected chi connectivity index (χ1v) is 5.83. The molecule has 5 heteroatoms. The zero-order valence-electron chi connectivity index (χ0n) is 9.91. The number of nitrogens with one attached hydrogen (secondary N) is 2. The number of ether oxygens (including phenoxy) is 1. The summed E-state index contributed by atoms with van der Waals surface area (Å²) in [6.07, 6.45) is 2.58. The molecule has 1 rings (SSSR count). The number of hydrogen-bond donors (Lipinski definition) is 2. The molecule has 0 bridgehead atoms. The second kappa shape index (κ2) is 6.48. The van der Waals surface area contributed by atoms with E-state index in [4.69, 9.17) is 4.74 Å². The van der Waals surface area contributed by atoms with Crippen LogP contribution in [0, 0.1) is 0 Å². The number of hydrogen-bond acceptors (Lipinski definition) is 4. The van der Waals surface area contributed by atoms with Crippen molar-refractivity contribution in [3.8, 4) is 0 Å². The van der Waals surface area contributed by atoms with Gasteiger partial charge >= 0.3 is 5.97 Å². The van der Waals surface area contributed by atoms with Crippen molar-refractivity contribution in [1.82, 2.24) is 10.6 Å². The predicted octanol–water partition coefficient (Wildman–Crippen LogP) is 0.196. The monoisotopic (exact) mass is 228 g/mol. The Bertz CT molecular complexity index is 250. The van der Waals surface area contributed by atoms with Gasteiger partial charge in [0, 0.05) is 12.5 Å². The van der Waals surface area contributed by atoms with Crippen LogP contribution in [0.2, 0.25) is 0 Å². The number of esters is 1. The van der Waals surface area contributed by atoms with Crippen molar-refractivity contribution in [2.45, 2.75) is 45.2 Å². The molecule has 1 saturated heterocycles. The maximum atomic E-state index is 11.6. The fourth-order valence-electron chi connectivity index (χ4n) is 1.78. The minimum absolute atomic E-state index is 0.0973. The Hall–Kier alpha value is -1.10. The van der Waals surface area contributed by atoms with Crippen molar-refractivity contribution in [2.75, 3.05) is 13.2 Å². The second-order valence-electron chi connectivity index (χ2n) is 4.04. The summed E-state index contributed by atoms with van der Waals surface area (Å²) in [7, 11) is 0. The van der Waals surface area contributed by atoms with Crippen LogP contribution in [0.4, 0.5) is 0 Å². The van der Waals surface area contributed by atoms with Crippen molar-refractivity contribution >= 4 is 11.9 Å². The zero-order valence-corrected chi connectivity index (χ0v) is 9.91. The van der Waals surface area contributed by atoms with E-state index in [2.05, 4.69) is 10.6 Å². The van der Waals surface area contributed by atoms with Gasteiger partial charge in [0.2, 0.25) is 5.91 Å². The highest BCUT2D eigenvalue weighted by atomic mass is 16.5. The van der Waals surface area contributed by atoms with Crippen LogP contribution in [-0.2, 0) is 14.3 Å². The largest absolute Gasteiger partial charge is 0.464 e. The molecule has 0 aromatic carbocycles. The normalized spacial score (nSPS) is 21.5. The molecule has 2 N–H and O–H groups in total. The molecule has 0 aliphatic carbocycles. The molecule has 2 atom stereocenters. The van der Waals surface area contributed by atoms with Gasteiger partial charge in [-0.3, -0.25) is 4.79 Å². The van der Waals surface area contributed by atoms with E-state index in [1.807, 2.05) is 0 Å². The van der Waals surface area contributed by atoms with E-state index in [9.17, 15) is 9.59 Å². The molecule has 0 aromatic rings. The van der Waals surface area contributed by atoms with Crippen LogP contribution in [-0.4, -0.2) is 37.1 Å². The van der Waals surface area contributed by atoms with Crippen LogP contribution < -0.4 is 10.6 Å². The third kappa shape index (κ3) is 4.18. The number of amides is 1. The molecule has 0 aromatic heterocycles. The van der Waals surface area contributed by atoms with Gasteiger partial charge in [0.25, 0.3) is 0 Å².